The van der Waals surface area contributed by atoms with Crippen LogP contribution in [0.2, 0.25) is 0 Å². The highest BCUT2D eigenvalue weighted by Crippen LogP contribution is 2.38. The number of benzene rings is 2. The molecule has 6 heteroatoms. The summed E-state index contributed by atoms with van der Waals surface area (Å²) in [5.41, 5.74) is 1.05. The van der Waals surface area contributed by atoms with Crippen molar-refractivity contribution in [2.24, 2.45) is 0 Å². The number of amides is 1. The summed E-state index contributed by atoms with van der Waals surface area (Å²) in [5, 5.41) is 13.1. The van der Waals surface area contributed by atoms with Gasteiger partial charge in [-0.25, -0.2) is 0 Å². The van der Waals surface area contributed by atoms with Crippen molar-refractivity contribution in [3.05, 3.63) is 83.7 Å². The van der Waals surface area contributed by atoms with Crippen LogP contribution in [0.5, 0.6) is 0 Å². The van der Waals surface area contributed by atoms with Crippen LogP contribution in [-0.4, -0.2) is 45.9 Å². The standard InChI is InChI=1S/C25H24N2O4/c1-16(2)31-14-13-27-22(20-9-5-6-12-26-20)21(24(29)25(27)30)23(28)19-11-10-17-7-3-4-8-18(17)15-19/h3-12,15-16,22,28H,13-14H2,1-2H3/b23-21-. The molecule has 0 saturated carbocycles. The van der Waals surface area contributed by atoms with Gasteiger partial charge in [-0.2, -0.15) is 0 Å². The summed E-state index contributed by atoms with van der Waals surface area (Å²) in [5.74, 6) is -1.58. The summed E-state index contributed by atoms with van der Waals surface area (Å²) in [6.07, 6.45) is 1.61. The van der Waals surface area contributed by atoms with Crippen molar-refractivity contribution >= 4 is 28.2 Å². The van der Waals surface area contributed by atoms with Crippen LogP contribution in [0.25, 0.3) is 16.5 Å². The first-order valence-corrected chi connectivity index (χ1v) is 10.3. The normalized spacial score (nSPS) is 18.3. The number of ketones is 1. The first kappa shape index (κ1) is 20.8. The van der Waals surface area contributed by atoms with E-state index in [9.17, 15) is 14.7 Å². The number of carbonyl (C=O) groups excluding carboxylic acids is 2. The van der Waals surface area contributed by atoms with Crippen molar-refractivity contribution in [3.63, 3.8) is 0 Å². The van der Waals surface area contributed by atoms with Crippen LogP contribution in [0, 0.1) is 0 Å². The first-order chi connectivity index (χ1) is 15.0. The number of aliphatic hydroxyl groups is 1. The van der Waals surface area contributed by atoms with E-state index in [4.69, 9.17) is 4.74 Å². The number of hydrogen-bond donors (Lipinski definition) is 1. The van der Waals surface area contributed by atoms with E-state index >= 15 is 0 Å². The molecule has 31 heavy (non-hydrogen) atoms. The molecule has 0 aliphatic carbocycles. The third kappa shape index (κ3) is 4.07. The van der Waals surface area contributed by atoms with Crippen molar-refractivity contribution in [2.75, 3.05) is 13.2 Å². The molecule has 1 N–H and O–H groups in total. The monoisotopic (exact) mass is 416 g/mol. The number of Topliss-reactive ketones (excluding diaryl/α,β-unsaturated/α-hetero) is 1. The summed E-state index contributed by atoms with van der Waals surface area (Å²) >= 11 is 0. The molecule has 3 aromatic rings. The fourth-order valence-electron chi connectivity index (χ4n) is 3.83. The maximum Gasteiger partial charge on any atom is 0.295 e. The van der Waals surface area contributed by atoms with E-state index in [1.807, 2.05) is 50.2 Å². The second-order valence-corrected chi connectivity index (χ2v) is 7.73. The van der Waals surface area contributed by atoms with Gasteiger partial charge in [0.25, 0.3) is 11.7 Å². The second kappa shape index (κ2) is 8.70. The van der Waals surface area contributed by atoms with Crippen LogP contribution in [0.3, 0.4) is 0 Å². The van der Waals surface area contributed by atoms with Gasteiger partial charge >= 0.3 is 0 Å². The Morgan fingerprint density at radius 3 is 2.52 bits per heavy atom. The molecule has 1 saturated heterocycles. The highest BCUT2D eigenvalue weighted by Gasteiger charge is 2.46. The zero-order valence-corrected chi connectivity index (χ0v) is 17.5. The lowest BCUT2D eigenvalue weighted by atomic mass is 9.97. The first-order valence-electron chi connectivity index (χ1n) is 10.3. The summed E-state index contributed by atoms with van der Waals surface area (Å²) < 4.78 is 5.60. The summed E-state index contributed by atoms with van der Waals surface area (Å²) in [7, 11) is 0. The number of rotatable bonds is 6. The number of pyridine rings is 1. The molecule has 0 radical (unpaired) electrons. The number of likely N-dealkylation sites (tertiary alicyclic amines) is 1. The van der Waals surface area contributed by atoms with Crippen LogP contribution in [0.15, 0.2) is 72.4 Å². The van der Waals surface area contributed by atoms with E-state index in [0.29, 0.717) is 11.3 Å². The number of aromatic nitrogens is 1. The van der Waals surface area contributed by atoms with Gasteiger partial charge in [-0.1, -0.05) is 42.5 Å². The van der Waals surface area contributed by atoms with Gasteiger partial charge in [-0.15, -0.1) is 0 Å². The van der Waals surface area contributed by atoms with Gasteiger partial charge in [0, 0.05) is 18.3 Å². The Hall–Kier alpha value is -3.51. The van der Waals surface area contributed by atoms with Crippen molar-refractivity contribution < 1.29 is 19.4 Å². The summed E-state index contributed by atoms with van der Waals surface area (Å²) in [6, 6.07) is 17.7. The molecule has 1 fully saturated rings. The number of nitrogens with zero attached hydrogens (tertiary/aromatic N) is 2. The highest BCUT2D eigenvalue weighted by molar-refractivity contribution is 6.46. The van der Waals surface area contributed by atoms with Gasteiger partial charge in [0.15, 0.2) is 0 Å². The van der Waals surface area contributed by atoms with Gasteiger partial charge in [0.05, 0.1) is 24.0 Å². The minimum atomic E-state index is -0.775. The molecular weight excluding hydrogens is 392 g/mol. The van der Waals surface area contributed by atoms with E-state index in [-0.39, 0.29) is 30.6 Å². The third-order valence-corrected chi connectivity index (χ3v) is 5.31. The lowest BCUT2D eigenvalue weighted by Crippen LogP contribution is -2.33. The average Bonchev–Trinajstić information content (AvgIpc) is 3.03. The molecule has 2 heterocycles. The number of ether oxygens (including phenoxy) is 1. The van der Waals surface area contributed by atoms with E-state index in [2.05, 4.69) is 4.98 Å². The predicted molar refractivity (Wildman–Crippen MR) is 118 cm³/mol. The SMILES string of the molecule is CC(C)OCCN1C(=O)C(=O)/C(=C(\O)c2ccc3ccccc3c2)C1c1ccccn1. The van der Waals surface area contributed by atoms with Gasteiger partial charge in [0.2, 0.25) is 0 Å². The molecule has 1 aliphatic heterocycles. The van der Waals surface area contributed by atoms with Crippen LogP contribution in [0.1, 0.15) is 31.1 Å². The molecule has 0 spiro atoms. The molecule has 2 aromatic carbocycles. The maximum atomic E-state index is 13.0. The Labute approximate surface area is 180 Å². The number of fused-ring (bicyclic) bond motifs is 1. The van der Waals surface area contributed by atoms with Crippen LogP contribution < -0.4 is 0 Å². The number of aliphatic hydroxyl groups excluding tert-OH is 1. The fourth-order valence-corrected chi connectivity index (χ4v) is 3.83. The molecule has 1 unspecified atom stereocenters. The van der Waals surface area contributed by atoms with Crippen LogP contribution >= 0.6 is 0 Å². The lowest BCUT2D eigenvalue weighted by molar-refractivity contribution is -0.140. The molecule has 158 valence electrons. The predicted octanol–water partition coefficient (Wildman–Crippen LogP) is 4.08. The van der Waals surface area contributed by atoms with E-state index in [0.717, 1.165) is 10.8 Å². The number of carbonyl (C=O) groups is 2. The highest BCUT2D eigenvalue weighted by atomic mass is 16.5. The summed E-state index contributed by atoms with van der Waals surface area (Å²) in [4.78, 5) is 31.7. The molecule has 6 nitrogen and oxygen atoms in total. The van der Waals surface area contributed by atoms with Crippen molar-refractivity contribution in [1.29, 1.82) is 0 Å². The second-order valence-electron chi connectivity index (χ2n) is 7.73. The Balaban J connectivity index is 1.80. The molecule has 0 bridgehead atoms. The van der Waals surface area contributed by atoms with E-state index in [1.165, 1.54) is 4.90 Å². The van der Waals surface area contributed by atoms with Crippen molar-refractivity contribution in [3.8, 4) is 0 Å². The zero-order valence-electron chi connectivity index (χ0n) is 17.5. The molecule has 1 aromatic heterocycles. The molecule has 1 atom stereocenters. The van der Waals surface area contributed by atoms with Gasteiger partial charge in [-0.05, 0) is 42.8 Å². The van der Waals surface area contributed by atoms with Gasteiger partial charge in [0.1, 0.15) is 11.8 Å². The van der Waals surface area contributed by atoms with E-state index in [1.54, 1.807) is 30.5 Å². The molecular formula is C25H24N2O4. The zero-order chi connectivity index (χ0) is 22.0. The molecule has 4 rings (SSSR count). The Morgan fingerprint density at radius 2 is 1.81 bits per heavy atom. The third-order valence-electron chi connectivity index (χ3n) is 5.31. The van der Waals surface area contributed by atoms with Crippen LogP contribution in [-0.2, 0) is 14.3 Å². The topological polar surface area (TPSA) is 79.7 Å². The largest absolute Gasteiger partial charge is 0.507 e. The maximum absolute atomic E-state index is 13.0. The minimum absolute atomic E-state index is 0.00252. The average molecular weight is 416 g/mol. The van der Waals surface area contributed by atoms with Gasteiger partial charge in [-0.3, -0.25) is 14.6 Å². The molecule has 1 amide bonds. The summed E-state index contributed by atoms with van der Waals surface area (Å²) in [6.45, 7) is 4.32. The van der Waals surface area contributed by atoms with E-state index < -0.39 is 17.7 Å². The number of hydrogen-bond acceptors (Lipinski definition) is 5. The van der Waals surface area contributed by atoms with Gasteiger partial charge < -0.3 is 14.7 Å². The Bertz CT molecular complexity index is 1150. The minimum Gasteiger partial charge on any atom is -0.507 e. The van der Waals surface area contributed by atoms with Crippen molar-refractivity contribution in [2.45, 2.75) is 26.0 Å². The van der Waals surface area contributed by atoms with Crippen molar-refractivity contribution in [1.82, 2.24) is 9.88 Å². The Kier molecular flexibility index (Phi) is 5.82. The molecule has 1 aliphatic rings. The Morgan fingerprint density at radius 1 is 1.06 bits per heavy atom. The smallest absolute Gasteiger partial charge is 0.295 e. The van der Waals surface area contributed by atoms with Crippen LogP contribution in [0.4, 0.5) is 0 Å². The fraction of sp³-hybridized carbons (Fsp3) is 0.240. The quantitative estimate of drug-likeness (QED) is 0.372. The lowest BCUT2D eigenvalue weighted by Gasteiger charge is -2.24.